The number of carbonyl (C=O) groups is 1. The highest BCUT2D eigenvalue weighted by Crippen LogP contribution is 2.40. The number of thioether (sulfide) groups is 1. The minimum Gasteiger partial charge on any atom is -0.376 e. The maximum absolute atomic E-state index is 12.0. The van der Waals surface area contributed by atoms with Crippen molar-refractivity contribution in [3.05, 3.63) is 36.2 Å². The van der Waals surface area contributed by atoms with E-state index in [0.29, 0.717) is 23.4 Å². The van der Waals surface area contributed by atoms with Gasteiger partial charge in [0, 0.05) is 19.1 Å². The molecule has 1 saturated heterocycles. The zero-order valence-electron chi connectivity index (χ0n) is 14.1. The summed E-state index contributed by atoms with van der Waals surface area (Å²) in [6, 6.07) is 10.1. The fourth-order valence-corrected chi connectivity index (χ4v) is 3.60. The lowest BCUT2D eigenvalue weighted by Crippen LogP contribution is -2.32. The standard InChI is InChI=1S/C18H22N4O2S/c23-16(19-11-15-7-4-10-24-15)12-25-18-20-17(13-8-9-13)22(21-18)14-5-2-1-3-6-14/h1-3,5-6,13,15H,4,7-12H2,(H,19,23)/t15-/m0/s1. The molecular weight excluding hydrogens is 336 g/mol. The van der Waals surface area contributed by atoms with Gasteiger partial charge in [0.2, 0.25) is 11.1 Å². The first-order valence-electron chi connectivity index (χ1n) is 8.83. The molecule has 6 nitrogen and oxygen atoms in total. The van der Waals surface area contributed by atoms with Gasteiger partial charge in [-0.15, -0.1) is 5.10 Å². The van der Waals surface area contributed by atoms with Gasteiger partial charge in [-0.3, -0.25) is 4.79 Å². The Bertz CT molecular complexity index is 724. The Morgan fingerprint density at radius 1 is 1.28 bits per heavy atom. The van der Waals surface area contributed by atoms with Crippen LogP contribution in [0.2, 0.25) is 0 Å². The van der Waals surface area contributed by atoms with Crippen molar-refractivity contribution in [3.63, 3.8) is 0 Å². The molecule has 1 aliphatic carbocycles. The normalized spacial score (nSPS) is 19.9. The van der Waals surface area contributed by atoms with Gasteiger partial charge in [0.05, 0.1) is 17.5 Å². The SMILES string of the molecule is O=C(CSc1nc(C2CC2)n(-c2ccccc2)n1)NC[C@@H]1CCCO1. The minimum absolute atomic E-state index is 0.00420. The van der Waals surface area contributed by atoms with E-state index in [9.17, 15) is 4.79 Å². The van der Waals surface area contributed by atoms with Crippen molar-refractivity contribution >= 4 is 17.7 Å². The van der Waals surface area contributed by atoms with Crippen molar-refractivity contribution in [2.75, 3.05) is 18.9 Å². The lowest BCUT2D eigenvalue weighted by Gasteiger charge is -2.09. The van der Waals surface area contributed by atoms with Crippen LogP contribution >= 0.6 is 11.8 Å². The number of nitrogens with zero attached hydrogens (tertiary/aromatic N) is 3. The molecule has 2 aromatic rings. The van der Waals surface area contributed by atoms with Crippen LogP contribution in [0.4, 0.5) is 0 Å². The summed E-state index contributed by atoms with van der Waals surface area (Å²) in [7, 11) is 0. The number of nitrogens with one attached hydrogen (secondary N) is 1. The molecule has 2 aliphatic rings. The van der Waals surface area contributed by atoms with Gasteiger partial charge in [-0.1, -0.05) is 30.0 Å². The second kappa shape index (κ2) is 7.58. The maximum atomic E-state index is 12.0. The first kappa shape index (κ1) is 16.6. The summed E-state index contributed by atoms with van der Waals surface area (Å²) in [5.41, 5.74) is 1.02. The highest BCUT2D eigenvalue weighted by molar-refractivity contribution is 7.99. The van der Waals surface area contributed by atoms with Crippen LogP contribution in [-0.4, -0.2) is 45.7 Å². The topological polar surface area (TPSA) is 69.0 Å². The van der Waals surface area contributed by atoms with Crippen molar-refractivity contribution in [2.45, 2.75) is 42.9 Å². The summed E-state index contributed by atoms with van der Waals surface area (Å²) in [5.74, 6) is 1.84. The van der Waals surface area contributed by atoms with Crippen molar-refractivity contribution < 1.29 is 9.53 Å². The van der Waals surface area contributed by atoms with Gasteiger partial charge in [0.1, 0.15) is 5.82 Å². The lowest BCUT2D eigenvalue weighted by atomic mass is 10.2. The molecule has 25 heavy (non-hydrogen) atoms. The van der Waals surface area contributed by atoms with E-state index in [2.05, 4.69) is 15.4 Å². The third-order valence-corrected chi connectivity index (χ3v) is 5.28. The zero-order chi connectivity index (χ0) is 17.1. The minimum atomic E-state index is 0.00420. The van der Waals surface area contributed by atoms with Gasteiger partial charge >= 0.3 is 0 Å². The molecule has 1 atom stereocenters. The molecule has 0 unspecified atom stereocenters. The molecule has 1 amide bonds. The molecule has 7 heteroatoms. The zero-order valence-corrected chi connectivity index (χ0v) is 14.9. The third kappa shape index (κ3) is 4.22. The molecule has 4 rings (SSSR count). The lowest BCUT2D eigenvalue weighted by molar-refractivity contribution is -0.119. The van der Waals surface area contributed by atoms with Gasteiger partial charge in [-0.2, -0.15) is 0 Å². The highest BCUT2D eigenvalue weighted by atomic mass is 32.2. The summed E-state index contributed by atoms with van der Waals surface area (Å²) < 4.78 is 7.44. The molecule has 1 N–H and O–H groups in total. The maximum Gasteiger partial charge on any atom is 0.230 e. The monoisotopic (exact) mass is 358 g/mol. The Morgan fingerprint density at radius 3 is 2.84 bits per heavy atom. The first-order valence-corrected chi connectivity index (χ1v) is 9.81. The molecule has 1 aliphatic heterocycles. The number of para-hydroxylation sites is 1. The van der Waals surface area contributed by atoms with Crippen LogP contribution < -0.4 is 5.32 Å². The Labute approximate surface area is 151 Å². The van der Waals surface area contributed by atoms with Crippen molar-refractivity contribution in [3.8, 4) is 5.69 Å². The Morgan fingerprint density at radius 2 is 2.12 bits per heavy atom. The number of ether oxygens (including phenoxy) is 1. The quantitative estimate of drug-likeness (QED) is 0.770. The van der Waals surface area contributed by atoms with Crippen LogP contribution in [0.5, 0.6) is 0 Å². The summed E-state index contributed by atoms with van der Waals surface area (Å²) in [5, 5.41) is 8.22. The molecular formula is C18H22N4O2S. The Kier molecular flexibility index (Phi) is 5.03. The molecule has 1 aromatic carbocycles. The number of amides is 1. The van der Waals surface area contributed by atoms with Gasteiger partial charge in [0.15, 0.2) is 0 Å². The Balaban J connectivity index is 1.36. The second-order valence-corrected chi connectivity index (χ2v) is 7.44. The van der Waals surface area contributed by atoms with Crippen LogP contribution in [0.15, 0.2) is 35.5 Å². The van der Waals surface area contributed by atoms with E-state index in [1.807, 2.05) is 35.0 Å². The van der Waals surface area contributed by atoms with Crippen LogP contribution in [0.3, 0.4) is 0 Å². The number of benzene rings is 1. The van der Waals surface area contributed by atoms with Crippen molar-refractivity contribution in [2.24, 2.45) is 0 Å². The molecule has 0 radical (unpaired) electrons. The first-order chi connectivity index (χ1) is 12.3. The molecule has 132 valence electrons. The highest BCUT2D eigenvalue weighted by Gasteiger charge is 2.30. The van der Waals surface area contributed by atoms with Crippen LogP contribution in [-0.2, 0) is 9.53 Å². The van der Waals surface area contributed by atoms with E-state index in [-0.39, 0.29) is 12.0 Å². The fraction of sp³-hybridized carbons (Fsp3) is 0.500. The van der Waals surface area contributed by atoms with Gasteiger partial charge in [0.25, 0.3) is 0 Å². The molecule has 0 bridgehead atoms. The van der Waals surface area contributed by atoms with E-state index in [0.717, 1.165) is 43.8 Å². The average molecular weight is 358 g/mol. The number of hydrogen-bond donors (Lipinski definition) is 1. The van der Waals surface area contributed by atoms with E-state index in [1.165, 1.54) is 11.8 Å². The predicted octanol–water partition coefficient (Wildman–Crippen LogP) is 2.53. The van der Waals surface area contributed by atoms with Crippen LogP contribution in [0.25, 0.3) is 5.69 Å². The average Bonchev–Trinajstić information content (AvgIpc) is 3.19. The summed E-state index contributed by atoms with van der Waals surface area (Å²) in [4.78, 5) is 16.7. The van der Waals surface area contributed by atoms with E-state index in [1.54, 1.807) is 0 Å². The summed E-state index contributed by atoms with van der Waals surface area (Å²) in [6.07, 6.45) is 4.61. The molecule has 1 aromatic heterocycles. The van der Waals surface area contributed by atoms with Crippen LogP contribution in [0.1, 0.15) is 37.4 Å². The van der Waals surface area contributed by atoms with Crippen LogP contribution in [0, 0.1) is 0 Å². The van der Waals surface area contributed by atoms with Gasteiger partial charge in [-0.05, 0) is 37.8 Å². The second-order valence-electron chi connectivity index (χ2n) is 6.50. The smallest absolute Gasteiger partial charge is 0.230 e. The van der Waals surface area contributed by atoms with E-state index >= 15 is 0 Å². The molecule has 2 fully saturated rings. The molecule has 2 heterocycles. The number of hydrogen-bond acceptors (Lipinski definition) is 5. The Hall–Kier alpha value is -1.86. The predicted molar refractivity (Wildman–Crippen MR) is 96.0 cm³/mol. The fourth-order valence-electron chi connectivity index (χ4n) is 2.94. The number of aromatic nitrogens is 3. The summed E-state index contributed by atoms with van der Waals surface area (Å²) in [6.45, 7) is 1.40. The summed E-state index contributed by atoms with van der Waals surface area (Å²) >= 11 is 1.39. The molecule has 0 spiro atoms. The number of carbonyl (C=O) groups excluding carboxylic acids is 1. The largest absolute Gasteiger partial charge is 0.376 e. The van der Waals surface area contributed by atoms with Crippen molar-refractivity contribution in [1.29, 1.82) is 0 Å². The van der Waals surface area contributed by atoms with E-state index in [4.69, 9.17) is 4.74 Å². The number of rotatable bonds is 7. The van der Waals surface area contributed by atoms with Gasteiger partial charge in [-0.25, -0.2) is 9.67 Å². The van der Waals surface area contributed by atoms with Gasteiger partial charge < -0.3 is 10.1 Å². The van der Waals surface area contributed by atoms with E-state index < -0.39 is 0 Å². The molecule has 1 saturated carbocycles. The third-order valence-electron chi connectivity index (χ3n) is 4.44. The van der Waals surface area contributed by atoms with Crippen molar-refractivity contribution in [1.82, 2.24) is 20.1 Å².